The van der Waals surface area contributed by atoms with Crippen molar-refractivity contribution in [2.75, 3.05) is 19.6 Å². The Morgan fingerprint density at radius 2 is 2.42 bits per heavy atom. The number of likely N-dealkylation sites (N-methyl/N-ethyl adjacent to an activating group) is 1. The molecule has 0 spiro atoms. The highest BCUT2D eigenvalue weighted by molar-refractivity contribution is 5.84. The third-order valence-corrected chi connectivity index (χ3v) is 3.83. The van der Waals surface area contributed by atoms with Gasteiger partial charge in [-0.2, -0.15) is 0 Å². The van der Waals surface area contributed by atoms with Gasteiger partial charge in [0.2, 0.25) is 5.76 Å². The van der Waals surface area contributed by atoms with Crippen LogP contribution in [0.15, 0.2) is 16.5 Å². The van der Waals surface area contributed by atoms with Crippen LogP contribution in [0, 0.1) is 0 Å². The second-order valence-electron chi connectivity index (χ2n) is 5.06. The summed E-state index contributed by atoms with van der Waals surface area (Å²) in [4.78, 5) is 13.2. The molecule has 0 aromatic carbocycles. The van der Waals surface area contributed by atoms with Crippen molar-refractivity contribution in [3.63, 3.8) is 0 Å². The van der Waals surface area contributed by atoms with Crippen molar-refractivity contribution in [1.29, 1.82) is 0 Å². The van der Waals surface area contributed by atoms with Crippen molar-refractivity contribution in [2.45, 2.75) is 38.8 Å². The molecule has 0 aliphatic carbocycles. The maximum Gasteiger partial charge on any atom is 0.371 e. The molecule has 2 rings (SSSR count). The van der Waals surface area contributed by atoms with Gasteiger partial charge in [0.1, 0.15) is 5.76 Å². The standard InChI is InChI=1S/C14H22N2O3/c1-3-16-8-4-5-11(16)9-15-10(2)12-6-7-13(19-12)14(17)18/h6-7,10-11,15H,3-5,8-9H2,1-2H3,(H,17,18). The number of nitrogens with one attached hydrogen (secondary N) is 1. The molecule has 0 amide bonds. The summed E-state index contributed by atoms with van der Waals surface area (Å²) in [5, 5.41) is 12.3. The van der Waals surface area contributed by atoms with E-state index in [4.69, 9.17) is 9.52 Å². The highest BCUT2D eigenvalue weighted by Crippen LogP contribution is 2.19. The minimum absolute atomic E-state index is 0.000277. The number of carboxylic acid groups (broad SMARTS) is 1. The van der Waals surface area contributed by atoms with E-state index in [1.54, 1.807) is 6.07 Å². The van der Waals surface area contributed by atoms with Crippen LogP contribution >= 0.6 is 0 Å². The summed E-state index contributed by atoms with van der Waals surface area (Å²) < 4.78 is 5.30. The zero-order valence-electron chi connectivity index (χ0n) is 11.6. The van der Waals surface area contributed by atoms with Gasteiger partial charge in [0.25, 0.3) is 0 Å². The lowest BCUT2D eigenvalue weighted by Gasteiger charge is -2.24. The fraction of sp³-hybridized carbons (Fsp3) is 0.643. The quantitative estimate of drug-likeness (QED) is 0.825. The fourth-order valence-electron chi connectivity index (χ4n) is 2.66. The van der Waals surface area contributed by atoms with Crippen LogP contribution in [0.25, 0.3) is 0 Å². The minimum Gasteiger partial charge on any atom is -0.475 e. The molecule has 2 atom stereocenters. The van der Waals surface area contributed by atoms with E-state index in [2.05, 4.69) is 17.1 Å². The Kier molecular flexibility index (Phi) is 4.61. The predicted octanol–water partition coefficient (Wildman–Crippen LogP) is 2.11. The van der Waals surface area contributed by atoms with Gasteiger partial charge in [-0.25, -0.2) is 4.79 Å². The number of carboxylic acids is 1. The molecule has 5 heteroatoms. The first-order valence-corrected chi connectivity index (χ1v) is 6.92. The molecular weight excluding hydrogens is 244 g/mol. The minimum atomic E-state index is -1.02. The van der Waals surface area contributed by atoms with Gasteiger partial charge in [0.05, 0.1) is 6.04 Å². The van der Waals surface area contributed by atoms with Gasteiger partial charge in [0, 0.05) is 12.6 Å². The molecule has 5 nitrogen and oxygen atoms in total. The molecule has 0 radical (unpaired) electrons. The molecular formula is C14H22N2O3. The van der Waals surface area contributed by atoms with Crippen molar-refractivity contribution in [3.05, 3.63) is 23.7 Å². The first kappa shape index (κ1) is 14.1. The summed E-state index contributed by atoms with van der Waals surface area (Å²) in [5.74, 6) is -0.343. The summed E-state index contributed by atoms with van der Waals surface area (Å²) >= 11 is 0. The van der Waals surface area contributed by atoms with E-state index in [9.17, 15) is 4.79 Å². The van der Waals surface area contributed by atoms with Crippen molar-refractivity contribution in [1.82, 2.24) is 10.2 Å². The number of likely N-dealkylation sites (tertiary alicyclic amines) is 1. The Morgan fingerprint density at radius 3 is 3.05 bits per heavy atom. The second kappa shape index (κ2) is 6.21. The molecule has 2 heterocycles. The van der Waals surface area contributed by atoms with E-state index in [0.29, 0.717) is 11.8 Å². The molecule has 2 N–H and O–H groups in total. The van der Waals surface area contributed by atoms with Gasteiger partial charge in [0.15, 0.2) is 0 Å². The monoisotopic (exact) mass is 266 g/mol. The Hall–Kier alpha value is -1.33. The Bertz CT molecular complexity index is 430. The zero-order chi connectivity index (χ0) is 13.8. The van der Waals surface area contributed by atoms with Gasteiger partial charge in [-0.1, -0.05) is 6.92 Å². The summed E-state index contributed by atoms with van der Waals surface area (Å²) in [6.07, 6.45) is 2.49. The Balaban J connectivity index is 1.86. The third-order valence-electron chi connectivity index (χ3n) is 3.83. The van der Waals surface area contributed by atoms with E-state index in [0.717, 1.165) is 13.1 Å². The van der Waals surface area contributed by atoms with Crippen molar-refractivity contribution >= 4 is 5.97 Å². The van der Waals surface area contributed by atoms with Gasteiger partial charge in [-0.05, 0) is 45.0 Å². The lowest BCUT2D eigenvalue weighted by atomic mass is 10.2. The Morgan fingerprint density at radius 1 is 1.63 bits per heavy atom. The van der Waals surface area contributed by atoms with Crippen LogP contribution in [0.2, 0.25) is 0 Å². The largest absolute Gasteiger partial charge is 0.475 e. The van der Waals surface area contributed by atoms with Crippen molar-refractivity contribution in [3.8, 4) is 0 Å². The van der Waals surface area contributed by atoms with Gasteiger partial charge in [-0.15, -0.1) is 0 Å². The van der Waals surface area contributed by atoms with Crippen LogP contribution in [0.1, 0.15) is 49.0 Å². The molecule has 19 heavy (non-hydrogen) atoms. The normalized spacial score (nSPS) is 21.7. The molecule has 106 valence electrons. The van der Waals surface area contributed by atoms with Crippen LogP contribution in [-0.2, 0) is 0 Å². The molecule has 1 aromatic heterocycles. The number of carbonyl (C=O) groups is 1. The first-order chi connectivity index (χ1) is 9.11. The van der Waals surface area contributed by atoms with Gasteiger partial charge < -0.3 is 14.8 Å². The van der Waals surface area contributed by atoms with E-state index < -0.39 is 5.97 Å². The maximum atomic E-state index is 10.8. The average Bonchev–Trinajstić information content (AvgIpc) is 3.04. The van der Waals surface area contributed by atoms with Crippen LogP contribution in [0.4, 0.5) is 0 Å². The highest BCUT2D eigenvalue weighted by atomic mass is 16.4. The van der Waals surface area contributed by atoms with Crippen LogP contribution in [0.3, 0.4) is 0 Å². The average molecular weight is 266 g/mol. The van der Waals surface area contributed by atoms with Crippen LogP contribution < -0.4 is 5.32 Å². The number of nitrogens with zero attached hydrogens (tertiary/aromatic N) is 1. The molecule has 2 unspecified atom stereocenters. The SMILES string of the molecule is CCN1CCCC1CNC(C)c1ccc(C(=O)O)o1. The fourth-order valence-corrected chi connectivity index (χ4v) is 2.66. The Labute approximate surface area is 113 Å². The van der Waals surface area contributed by atoms with E-state index >= 15 is 0 Å². The third kappa shape index (κ3) is 3.36. The molecule has 1 aliphatic rings. The summed E-state index contributed by atoms with van der Waals surface area (Å²) in [6, 6.07) is 3.85. The number of rotatable bonds is 6. The van der Waals surface area contributed by atoms with Crippen molar-refractivity contribution in [2.24, 2.45) is 0 Å². The summed E-state index contributed by atoms with van der Waals surface area (Å²) in [5.41, 5.74) is 0. The summed E-state index contributed by atoms with van der Waals surface area (Å²) in [7, 11) is 0. The number of hydrogen-bond donors (Lipinski definition) is 2. The lowest BCUT2D eigenvalue weighted by Crippen LogP contribution is -2.38. The maximum absolute atomic E-state index is 10.8. The van der Waals surface area contributed by atoms with E-state index in [1.807, 2.05) is 6.92 Å². The number of furan rings is 1. The zero-order valence-corrected chi connectivity index (χ0v) is 11.6. The second-order valence-corrected chi connectivity index (χ2v) is 5.06. The lowest BCUT2D eigenvalue weighted by molar-refractivity contribution is 0.0659. The van der Waals surface area contributed by atoms with Crippen LogP contribution in [-0.4, -0.2) is 41.7 Å². The van der Waals surface area contributed by atoms with E-state index in [-0.39, 0.29) is 11.8 Å². The summed E-state index contributed by atoms with van der Waals surface area (Å²) in [6.45, 7) is 7.37. The molecule has 1 fully saturated rings. The molecule has 1 aromatic rings. The topological polar surface area (TPSA) is 65.7 Å². The van der Waals surface area contributed by atoms with Gasteiger partial charge in [-0.3, -0.25) is 4.90 Å². The highest BCUT2D eigenvalue weighted by Gasteiger charge is 2.23. The number of aromatic carboxylic acids is 1. The number of hydrogen-bond acceptors (Lipinski definition) is 4. The molecule has 0 bridgehead atoms. The smallest absolute Gasteiger partial charge is 0.371 e. The van der Waals surface area contributed by atoms with Crippen LogP contribution in [0.5, 0.6) is 0 Å². The van der Waals surface area contributed by atoms with Gasteiger partial charge >= 0.3 is 5.97 Å². The molecule has 0 saturated carbocycles. The molecule has 1 aliphatic heterocycles. The predicted molar refractivity (Wildman–Crippen MR) is 72.4 cm³/mol. The molecule has 1 saturated heterocycles. The first-order valence-electron chi connectivity index (χ1n) is 6.92. The van der Waals surface area contributed by atoms with Crippen molar-refractivity contribution < 1.29 is 14.3 Å². The van der Waals surface area contributed by atoms with E-state index in [1.165, 1.54) is 25.5 Å².